The Bertz CT molecular complexity index is 1100. The number of carbonyl (C=O) groups excluding carboxylic acids is 3. The topological polar surface area (TPSA) is 70.6 Å². The van der Waals surface area contributed by atoms with Crippen LogP contribution in [0.25, 0.3) is 10.2 Å². The molecular weight excluding hydrogens is 422 g/mol. The molecule has 32 heavy (non-hydrogen) atoms. The summed E-state index contributed by atoms with van der Waals surface area (Å²) in [5.41, 5.74) is 1.95. The van der Waals surface area contributed by atoms with Gasteiger partial charge < -0.3 is 0 Å². The molecule has 2 aliphatic rings. The predicted molar refractivity (Wildman–Crippen MR) is 124 cm³/mol. The van der Waals surface area contributed by atoms with Crippen LogP contribution in [0.1, 0.15) is 31.2 Å². The van der Waals surface area contributed by atoms with Crippen molar-refractivity contribution in [3.63, 3.8) is 0 Å². The minimum absolute atomic E-state index is 0.180. The minimum atomic E-state index is -0.264. The molecule has 1 aromatic heterocycles. The van der Waals surface area contributed by atoms with E-state index in [4.69, 9.17) is 0 Å². The van der Waals surface area contributed by atoms with Crippen molar-refractivity contribution in [3.8, 4) is 0 Å². The number of thiazole rings is 1. The van der Waals surface area contributed by atoms with Crippen LogP contribution in [0.4, 0.5) is 5.13 Å². The summed E-state index contributed by atoms with van der Waals surface area (Å²) >= 11 is 1.45. The lowest BCUT2D eigenvalue weighted by Gasteiger charge is -2.23. The quantitative estimate of drug-likeness (QED) is 0.535. The highest BCUT2D eigenvalue weighted by Gasteiger charge is 2.48. The molecule has 0 spiro atoms. The van der Waals surface area contributed by atoms with E-state index < -0.39 is 0 Å². The zero-order valence-electron chi connectivity index (χ0n) is 17.8. The fourth-order valence-electron chi connectivity index (χ4n) is 4.80. The van der Waals surface area contributed by atoms with Crippen molar-refractivity contribution in [2.24, 2.45) is 11.8 Å². The third-order valence-electron chi connectivity index (χ3n) is 6.51. The van der Waals surface area contributed by atoms with Gasteiger partial charge in [-0.05, 0) is 37.0 Å². The Labute approximate surface area is 190 Å². The number of imide groups is 1. The zero-order valence-corrected chi connectivity index (χ0v) is 18.6. The van der Waals surface area contributed by atoms with Crippen LogP contribution < -0.4 is 4.90 Å². The Balaban J connectivity index is 1.39. The second-order valence-electron chi connectivity index (χ2n) is 8.51. The van der Waals surface area contributed by atoms with Gasteiger partial charge in [0.25, 0.3) is 0 Å². The highest BCUT2D eigenvalue weighted by Crippen LogP contribution is 2.38. The van der Waals surface area contributed by atoms with Crippen molar-refractivity contribution in [2.75, 3.05) is 18.0 Å². The van der Waals surface area contributed by atoms with Gasteiger partial charge in [0.1, 0.15) is 6.54 Å². The first-order chi connectivity index (χ1) is 15.6. The van der Waals surface area contributed by atoms with Gasteiger partial charge in [0.05, 0.1) is 22.1 Å². The van der Waals surface area contributed by atoms with Crippen LogP contribution >= 0.6 is 11.3 Å². The van der Waals surface area contributed by atoms with Gasteiger partial charge in [-0.1, -0.05) is 66.6 Å². The first kappa shape index (κ1) is 20.8. The summed E-state index contributed by atoms with van der Waals surface area (Å²) in [6.45, 7) is 0.223. The summed E-state index contributed by atoms with van der Waals surface area (Å²) in [4.78, 5) is 46.7. The first-order valence-corrected chi connectivity index (χ1v) is 12.0. The number of hydrogen-bond acceptors (Lipinski definition) is 5. The Kier molecular flexibility index (Phi) is 5.74. The smallest absolute Gasteiger partial charge is 0.248 e. The number of anilines is 1. The number of benzene rings is 2. The Morgan fingerprint density at radius 3 is 2.31 bits per heavy atom. The zero-order chi connectivity index (χ0) is 22.1. The van der Waals surface area contributed by atoms with E-state index in [1.807, 2.05) is 54.6 Å². The van der Waals surface area contributed by atoms with Crippen LogP contribution in [0.3, 0.4) is 0 Å². The Hall–Kier alpha value is -3.06. The second-order valence-corrected chi connectivity index (χ2v) is 9.51. The fraction of sp³-hybridized carbons (Fsp3) is 0.360. The Morgan fingerprint density at radius 1 is 0.969 bits per heavy atom. The molecule has 164 valence electrons. The largest absolute Gasteiger partial charge is 0.286 e. The standard InChI is InChI=1S/C25H25N3O3S/c29-22(16-28-23(30)18-10-4-5-11-19(18)24(28)31)27(15-14-17-8-2-1-3-9-17)25-26-20-12-6-7-13-21(20)32-25/h1-3,6-9,12-13,18-19H,4-5,10-11,14-16H2. The van der Waals surface area contributed by atoms with Crippen LogP contribution in [-0.4, -0.2) is 40.7 Å². The van der Waals surface area contributed by atoms with E-state index in [0.29, 0.717) is 18.1 Å². The highest BCUT2D eigenvalue weighted by atomic mass is 32.1. The van der Waals surface area contributed by atoms with Gasteiger partial charge >= 0.3 is 0 Å². The first-order valence-electron chi connectivity index (χ1n) is 11.2. The summed E-state index contributed by atoms with van der Waals surface area (Å²) in [5, 5.41) is 0.601. The lowest BCUT2D eigenvalue weighted by Crippen LogP contribution is -2.44. The summed E-state index contributed by atoms with van der Waals surface area (Å²) in [7, 11) is 0. The van der Waals surface area contributed by atoms with Gasteiger partial charge in [-0.2, -0.15) is 0 Å². The van der Waals surface area contributed by atoms with Gasteiger partial charge in [-0.3, -0.25) is 24.2 Å². The highest BCUT2D eigenvalue weighted by molar-refractivity contribution is 7.22. The average Bonchev–Trinajstić information content (AvgIpc) is 3.35. The van der Waals surface area contributed by atoms with Crippen molar-refractivity contribution >= 4 is 44.4 Å². The molecule has 3 aromatic rings. The number of aromatic nitrogens is 1. The van der Waals surface area contributed by atoms with Gasteiger partial charge in [-0.15, -0.1) is 0 Å². The average molecular weight is 448 g/mol. The predicted octanol–water partition coefficient (Wildman–Crippen LogP) is 4.05. The van der Waals surface area contributed by atoms with Crippen molar-refractivity contribution in [1.29, 1.82) is 0 Å². The minimum Gasteiger partial charge on any atom is -0.286 e. The van der Waals surface area contributed by atoms with Crippen molar-refractivity contribution in [2.45, 2.75) is 32.1 Å². The van der Waals surface area contributed by atoms with Crippen LogP contribution in [0.5, 0.6) is 0 Å². The number of likely N-dealkylation sites (tertiary alicyclic amines) is 1. The van der Waals surface area contributed by atoms with Crippen LogP contribution in [0.15, 0.2) is 54.6 Å². The molecule has 6 nitrogen and oxygen atoms in total. The maximum Gasteiger partial charge on any atom is 0.248 e. The van der Waals surface area contributed by atoms with E-state index in [-0.39, 0.29) is 36.1 Å². The van der Waals surface area contributed by atoms with Gasteiger partial charge in [0.2, 0.25) is 17.7 Å². The SMILES string of the molecule is O=C1C2CCCCC2C(=O)N1CC(=O)N(CCc1ccccc1)c1nc2ccccc2s1. The maximum atomic E-state index is 13.4. The van der Waals surface area contributed by atoms with Crippen molar-refractivity contribution in [3.05, 3.63) is 60.2 Å². The summed E-state index contributed by atoms with van der Waals surface area (Å²) in [6.07, 6.45) is 4.09. The van der Waals surface area contributed by atoms with Crippen molar-refractivity contribution < 1.29 is 14.4 Å². The molecule has 7 heteroatoms. The fourth-order valence-corrected chi connectivity index (χ4v) is 5.80. The molecule has 2 aromatic carbocycles. The van der Waals surface area contributed by atoms with Crippen LogP contribution in [0.2, 0.25) is 0 Å². The maximum absolute atomic E-state index is 13.4. The summed E-state index contributed by atoms with van der Waals surface area (Å²) in [6, 6.07) is 17.7. The van der Waals surface area contributed by atoms with E-state index in [2.05, 4.69) is 4.98 Å². The molecule has 1 saturated carbocycles. The molecule has 5 rings (SSSR count). The molecule has 2 atom stereocenters. The number of rotatable bonds is 6. The molecule has 1 aliphatic heterocycles. The number of hydrogen-bond donors (Lipinski definition) is 0. The summed E-state index contributed by atoms with van der Waals surface area (Å²) < 4.78 is 0.999. The molecule has 0 radical (unpaired) electrons. The normalized spacial score (nSPS) is 20.6. The van der Waals surface area contributed by atoms with E-state index in [1.54, 1.807) is 4.90 Å². The molecule has 2 heterocycles. The van der Waals surface area contributed by atoms with E-state index in [0.717, 1.165) is 41.5 Å². The molecule has 3 amide bonds. The van der Waals surface area contributed by atoms with Crippen LogP contribution in [0, 0.1) is 11.8 Å². The number of carbonyl (C=O) groups is 3. The molecule has 2 fully saturated rings. The number of para-hydroxylation sites is 1. The third-order valence-corrected chi connectivity index (χ3v) is 7.57. The number of amides is 3. The molecule has 1 saturated heterocycles. The van der Waals surface area contributed by atoms with E-state index >= 15 is 0 Å². The number of nitrogens with zero attached hydrogens (tertiary/aromatic N) is 3. The van der Waals surface area contributed by atoms with E-state index in [1.165, 1.54) is 16.2 Å². The molecule has 2 unspecified atom stereocenters. The molecule has 0 bridgehead atoms. The molecule has 0 N–H and O–H groups in total. The third kappa shape index (κ3) is 3.93. The van der Waals surface area contributed by atoms with E-state index in [9.17, 15) is 14.4 Å². The number of fused-ring (bicyclic) bond motifs is 2. The lowest BCUT2D eigenvalue weighted by atomic mass is 9.81. The monoisotopic (exact) mass is 447 g/mol. The van der Waals surface area contributed by atoms with Gasteiger partial charge in [0, 0.05) is 6.54 Å². The molecule has 1 aliphatic carbocycles. The van der Waals surface area contributed by atoms with Gasteiger partial charge in [-0.25, -0.2) is 4.98 Å². The van der Waals surface area contributed by atoms with Crippen LogP contribution in [-0.2, 0) is 20.8 Å². The van der Waals surface area contributed by atoms with Crippen molar-refractivity contribution in [1.82, 2.24) is 9.88 Å². The lowest BCUT2D eigenvalue weighted by molar-refractivity contribution is -0.143. The Morgan fingerprint density at radius 2 is 1.62 bits per heavy atom. The summed E-state index contributed by atoms with van der Waals surface area (Å²) in [5.74, 6) is -1.12. The van der Waals surface area contributed by atoms with Gasteiger partial charge in [0.15, 0.2) is 5.13 Å². The molecular formula is C25H25N3O3S. The second kappa shape index (κ2) is 8.82.